The van der Waals surface area contributed by atoms with Gasteiger partial charge >= 0.3 is 88.7 Å². The maximum atomic E-state index is 10.5. The average Bonchev–Trinajstić information content (AvgIpc) is 2.53. The second-order valence-electron chi connectivity index (χ2n) is 4.22. The minimum atomic E-state index is -4.53. The van der Waals surface area contributed by atoms with E-state index in [9.17, 15) is 35.5 Å². The van der Waals surface area contributed by atoms with Gasteiger partial charge in [0.25, 0.3) is 0 Å². The van der Waals surface area contributed by atoms with Crippen LogP contribution in [0.4, 0.5) is 0 Å². The van der Waals surface area contributed by atoms with Gasteiger partial charge < -0.3 is 21.5 Å². The number of rotatable bonds is 4. The second-order valence-corrected chi connectivity index (χ2v) is 6.92. The van der Waals surface area contributed by atoms with Crippen LogP contribution in [0.3, 0.4) is 0 Å². The molecule has 0 fully saturated rings. The van der Waals surface area contributed by atoms with E-state index >= 15 is 0 Å². The summed E-state index contributed by atoms with van der Waals surface area (Å²) in [6.45, 7) is 0. The van der Waals surface area contributed by atoms with Crippen LogP contribution in [0.15, 0.2) is 58.3 Å². The summed E-state index contributed by atoms with van der Waals surface area (Å²) in [4.78, 5) is 19.6. The molecule has 0 unspecified atom stereocenters. The Kier molecular flexibility index (Phi) is 25.0. The Balaban J connectivity index is -0.0000000800. The van der Waals surface area contributed by atoms with Crippen molar-refractivity contribution in [3.05, 3.63) is 59.7 Å². The number of benzene rings is 2. The van der Waals surface area contributed by atoms with Gasteiger partial charge in [-0.1, -0.05) is 36.4 Å². The molecule has 0 aromatic heterocycles. The zero-order valence-electron chi connectivity index (χ0n) is 16.9. The van der Waals surface area contributed by atoms with Crippen molar-refractivity contribution in [3.8, 4) is 0 Å². The summed E-state index contributed by atoms with van der Waals surface area (Å²) in [7, 11) is -9.05. The van der Waals surface area contributed by atoms with Crippen molar-refractivity contribution in [1.82, 2.24) is 0 Å². The number of hydrogen-bond acceptors (Lipinski definition) is 8. The summed E-state index contributed by atoms with van der Waals surface area (Å²) >= 11 is 0. The molecule has 0 saturated carbocycles. The first-order valence-electron chi connectivity index (χ1n) is 6.11. The average molecular weight is 476 g/mol. The van der Waals surface area contributed by atoms with E-state index in [0.717, 1.165) is 12.1 Å². The van der Waals surface area contributed by atoms with Crippen molar-refractivity contribution in [2.45, 2.75) is 9.79 Å². The van der Waals surface area contributed by atoms with Gasteiger partial charge in [-0.2, -0.15) is 0 Å². The molecule has 29 heavy (non-hydrogen) atoms. The van der Waals surface area contributed by atoms with Crippen LogP contribution in [0.1, 0.15) is 22.1 Å². The third-order valence-corrected chi connectivity index (χ3v) is 4.45. The van der Waals surface area contributed by atoms with Crippen LogP contribution in [0.2, 0.25) is 0 Å². The van der Waals surface area contributed by atoms with Gasteiger partial charge in [0.15, 0.2) is 12.6 Å². The molecule has 10 nitrogen and oxygen atoms in total. The van der Waals surface area contributed by atoms with Crippen LogP contribution in [-0.2, 0) is 20.2 Å². The van der Waals surface area contributed by atoms with E-state index in [2.05, 4.69) is 0 Å². The summed E-state index contributed by atoms with van der Waals surface area (Å²) in [6, 6.07) is 10.5. The molecule has 0 amide bonds. The van der Waals surface area contributed by atoms with Crippen LogP contribution in [-0.4, -0.2) is 49.5 Å². The molecule has 0 aliphatic carbocycles. The summed E-state index contributed by atoms with van der Waals surface area (Å²) in [5.74, 6) is 0. The van der Waals surface area contributed by atoms with E-state index in [0.29, 0.717) is 12.6 Å². The Bertz CT molecular complexity index is 890. The first-order valence-corrected chi connectivity index (χ1v) is 8.93. The first kappa shape index (κ1) is 39.9. The van der Waals surface area contributed by atoms with E-state index in [1.165, 1.54) is 36.4 Å². The van der Waals surface area contributed by atoms with Crippen molar-refractivity contribution < 1.29 is 137 Å². The predicted octanol–water partition coefficient (Wildman–Crippen LogP) is -9.72. The van der Waals surface area contributed by atoms with Crippen molar-refractivity contribution >= 4 is 32.8 Å². The fourth-order valence-corrected chi connectivity index (χ4v) is 2.91. The van der Waals surface area contributed by atoms with Gasteiger partial charge in [-0.25, -0.2) is 16.8 Å². The maximum Gasteiger partial charge on any atom is 1.00 e. The molecule has 0 aliphatic heterocycles. The van der Waals surface area contributed by atoms with Crippen LogP contribution < -0.4 is 88.7 Å². The van der Waals surface area contributed by atoms with Crippen LogP contribution >= 0.6 is 0 Å². The zero-order valence-corrected chi connectivity index (χ0v) is 23.5. The first-order chi connectivity index (χ1) is 11.1. The van der Waals surface area contributed by atoms with E-state index in [4.69, 9.17) is 0 Å². The Morgan fingerprint density at radius 3 is 1.03 bits per heavy atom. The number of aldehydes is 2. The third-order valence-electron chi connectivity index (χ3n) is 2.63. The van der Waals surface area contributed by atoms with Gasteiger partial charge in [0.1, 0.15) is 20.2 Å². The SMILES string of the molecule is O.O.O=Cc1ccccc1S(=O)(=O)[O-].O=Cc1ccccc1S(=O)(=O)[O-].[H-].[Na+].[Na+].[Na+]. The fourth-order valence-electron chi connectivity index (χ4n) is 1.61. The smallest absolute Gasteiger partial charge is 1.00 e. The molecular weight excluding hydrogens is 461 g/mol. The monoisotopic (exact) mass is 476 g/mol. The minimum Gasteiger partial charge on any atom is -1.00 e. The number of carbonyl (C=O) groups excluding carboxylic acids is 2. The van der Waals surface area contributed by atoms with Gasteiger partial charge in [0.2, 0.25) is 0 Å². The summed E-state index contributed by atoms with van der Waals surface area (Å²) in [5.41, 5.74) is -0.208. The fraction of sp³-hybridized carbons (Fsp3) is 0. The number of carbonyl (C=O) groups is 2. The Labute approximate surface area is 235 Å². The topological polar surface area (TPSA) is 212 Å². The van der Waals surface area contributed by atoms with Gasteiger partial charge in [-0.05, 0) is 12.1 Å². The molecule has 0 aliphatic rings. The number of hydrogen-bond donors (Lipinski definition) is 0. The molecule has 2 rings (SSSR count). The van der Waals surface area contributed by atoms with Crippen molar-refractivity contribution in [1.29, 1.82) is 0 Å². The molecule has 0 saturated heterocycles. The van der Waals surface area contributed by atoms with Crippen LogP contribution in [0.25, 0.3) is 0 Å². The van der Waals surface area contributed by atoms with Crippen LogP contribution in [0.5, 0.6) is 0 Å². The third kappa shape index (κ3) is 13.5. The molecule has 0 heterocycles. The summed E-state index contributed by atoms with van der Waals surface area (Å²) in [6.07, 6.45) is 0.676. The predicted molar refractivity (Wildman–Crippen MR) is 87.9 cm³/mol. The minimum absolute atomic E-state index is 0. The Morgan fingerprint density at radius 2 is 0.862 bits per heavy atom. The van der Waals surface area contributed by atoms with Crippen molar-refractivity contribution in [2.24, 2.45) is 0 Å². The molecule has 0 radical (unpaired) electrons. The van der Waals surface area contributed by atoms with Gasteiger partial charge in [0, 0.05) is 11.1 Å². The van der Waals surface area contributed by atoms with E-state index in [1.807, 2.05) is 0 Å². The molecule has 146 valence electrons. The Morgan fingerprint density at radius 1 is 0.621 bits per heavy atom. The standard InChI is InChI=1S/2C7H6O4S.3Na.2H2O.H/c2*8-5-6-3-1-2-4-7(6)12(9,10)11;;;;;;/h2*1-5H,(H,9,10,11);;;;2*1H2;/q;;3*+1;;;-1/p-2. The summed E-state index contributed by atoms with van der Waals surface area (Å²) in [5, 5.41) is 0. The van der Waals surface area contributed by atoms with E-state index < -0.39 is 30.0 Å². The van der Waals surface area contributed by atoms with Gasteiger partial charge in [0.05, 0.1) is 9.79 Å². The quantitative estimate of drug-likeness (QED) is 0.234. The van der Waals surface area contributed by atoms with Crippen molar-refractivity contribution in [3.63, 3.8) is 0 Å². The molecule has 0 spiro atoms. The molecular formula is C14H15Na3O10S2. The molecule has 2 aromatic rings. The zero-order chi connectivity index (χ0) is 18.4. The van der Waals surface area contributed by atoms with Crippen molar-refractivity contribution in [2.75, 3.05) is 0 Å². The molecule has 4 N–H and O–H groups in total. The second kappa shape index (κ2) is 18.1. The normalized spacial score (nSPS) is 9.17. The van der Waals surface area contributed by atoms with E-state index in [-0.39, 0.29) is 112 Å². The largest absolute Gasteiger partial charge is 1.00 e. The maximum absolute atomic E-state index is 10.5. The molecule has 15 heteroatoms. The Hall–Kier alpha value is 0.520. The molecule has 0 atom stereocenters. The molecule has 0 bridgehead atoms. The summed E-state index contributed by atoms with van der Waals surface area (Å²) < 4.78 is 63.0. The van der Waals surface area contributed by atoms with Gasteiger partial charge in [-0.3, -0.25) is 9.59 Å². The van der Waals surface area contributed by atoms with E-state index in [1.54, 1.807) is 0 Å². The molecule has 2 aromatic carbocycles. The van der Waals surface area contributed by atoms with Gasteiger partial charge in [-0.15, -0.1) is 0 Å². The van der Waals surface area contributed by atoms with Crippen LogP contribution in [0, 0.1) is 0 Å².